The summed E-state index contributed by atoms with van der Waals surface area (Å²) in [6.45, 7) is -0.918. The Kier molecular flexibility index (Phi) is 11.4. The van der Waals surface area contributed by atoms with Crippen molar-refractivity contribution in [3.05, 3.63) is 35.9 Å². The first kappa shape index (κ1) is 32.3. The topological polar surface area (TPSA) is 268 Å². The molecule has 4 atom stereocenters. The zero-order valence-electron chi connectivity index (χ0n) is 23.2. The number of fused-ring (bicyclic) bond motifs is 14. The van der Waals surface area contributed by atoms with E-state index in [9.17, 15) is 38.7 Å². The molecule has 0 radical (unpaired) electrons. The minimum atomic E-state index is -1.55. The van der Waals surface area contributed by atoms with Crippen LogP contribution in [-0.2, 0) is 40.1 Å². The average molecular weight is 602 g/mol. The monoisotopic (exact) mass is 601 g/mol. The third-order valence-corrected chi connectivity index (χ3v) is 6.68. The first-order valence-corrected chi connectivity index (χ1v) is 13.5. The molecule has 0 spiro atoms. The van der Waals surface area contributed by atoms with Crippen LogP contribution >= 0.6 is 0 Å². The lowest BCUT2D eigenvalue weighted by atomic mass is 10.0. The van der Waals surface area contributed by atoms with E-state index in [0.717, 1.165) is 0 Å². The number of piperazine rings is 1. The average Bonchev–Trinajstić information content (AvgIpc) is 2.95. The van der Waals surface area contributed by atoms with Gasteiger partial charge in [-0.3, -0.25) is 38.6 Å². The quantitative estimate of drug-likeness (QED) is 0.0619. The Morgan fingerprint density at radius 1 is 0.907 bits per heavy atom. The predicted octanol–water partition coefficient (Wildman–Crippen LogP) is -3.98. The number of benzene rings is 1. The van der Waals surface area contributed by atoms with Crippen molar-refractivity contribution in [1.82, 2.24) is 31.5 Å². The summed E-state index contributed by atoms with van der Waals surface area (Å²) in [5.41, 5.74) is 11.3. The minimum Gasteiger partial charge on any atom is -0.481 e. The molecular weight excluding hydrogens is 566 g/mol. The summed E-state index contributed by atoms with van der Waals surface area (Å²) in [6.07, 6.45) is -0.976. The lowest BCUT2D eigenvalue weighted by Crippen LogP contribution is -2.66. The highest BCUT2D eigenvalue weighted by Crippen LogP contribution is 2.17. The number of carbonyl (C=O) groups is 7. The number of aliphatic imine (C=N–C) groups is 1. The van der Waals surface area contributed by atoms with Crippen LogP contribution in [0.3, 0.4) is 0 Å². The summed E-state index contributed by atoms with van der Waals surface area (Å²) >= 11 is 0. The molecule has 232 valence electrons. The molecule has 3 aliphatic heterocycles. The van der Waals surface area contributed by atoms with Gasteiger partial charge < -0.3 is 48.1 Å². The Hall–Kier alpha value is -5.22. The molecule has 0 saturated carbocycles. The van der Waals surface area contributed by atoms with Crippen LogP contribution in [0.2, 0.25) is 0 Å². The molecule has 3 heterocycles. The fourth-order valence-corrected chi connectivity index (χ4v) is 4.59. The van der Waals surface area contributed by atoms with Crippen molar-refractivity contribution in [1.29, 1.82) is 0 Å². The van der Waals surface area contributed by atoms with Gasteiger partial charge in [0.2, 0.25) is 35.4 Å². The highest BCUT2D eigenvalue weighted by atomic mass is 16.4. The van der Waals surface area contributed by atoms with E-state index in [-0.39, 0.29) is 31.9 Å². The van der Waals surface area contributed by atoms with Crippen molar-refractivity contribution in [2.24, 2.45) is 16.5 Å². The van der Waals surface area contributed by atoms with E-state index >= 15 is 0 Å². The van der Waals surface area contributed by atoms with E-state index in [2.05, 4.69) is 31.6 Å². The molecule has 0 aliphatic carbocycles. The molecule has 3 saturated heterocycles. The lowest BCUT2D eigenvalue weighted by Gasteiger charge is -2.39. The summed E-state index contributed by atoms with van der Waals surface area (Å²) in [5, 5.41) is 21.4. The van der Waals surface area contributed by atoms with Gasteiger partial charge in [0.05, 0.1) is 19.4 Å². The summed E-state index contributed by atoms with van der Waals surface area (Å²) < 4.78 is 0. The van der Waals surface area contributed by atoms with Gasteiger partial charge in [0.1, 0.15) is 24.2 Å². The number of nitrogens with zero attached hydrogens (tertiary/aromatic N) is 2. The number of nitrogens with one attached hydrogen (secondary N) is 5. The molecular formula is C26H35N9O8. The van der Waals surface area contributed by atoms with Crippen LogP contribution in [0.4, 0.5) is 0 Å². The molecule has 3 fully saturated rings. The van der Waals surface area contributed by atoms with Crippen molar-refractivity contribution in [3.8, 4) is 0 Å². The molecule has 17 nitrogen and oxygen atoms in total. The zero-order valence-corrected chi connectivity index (χ0v) is 23.2. The smallest absolute Gasteiger partial charge is 0.305 e. The summed E-state index contributed by atoms with van der Waals surface area (Å²) in [7, 11) is 0. The maximum Gasteiger partial charge on any atom is 0.305 e. The maximum absolute atomic E-state index is 13.6. The first-order chi connectivity index (χ1) is 20.4. The highest BCUT2D eigenvalue weighted by Gasteiger charge is 2.42. The second-order valence-electron chi connectivity index (χ2n) is 9.98. The molecule has 10 N–H and O–H groups in total. The number of rotatable bonds is 8. The van der Waals surface area contributed by atoms with Gasteiger partial charge >= 0.3 is 5.97 Å². The molecule has 6 amide bonds. The highest BCUT2D eigenvalue weighted by molar-refractivity contribution is 6.00. The van der Waals surface area contributed by atoms with Gasteiger partial charge in [0, 0.05) is 19.6 Å². The van der Waals surface area contributed by atoms with Gasteiger partial charge in [-0.15, -0.1) is 0 Å². The molecule has 0 unspecified atom stereocenters. The van der Waals surface area contributed by atoms with Crippen LogP contribution in [0.25, 0.3) is 0 Å². The van der Waals surface area contributed by atoms with Crippen molar-refractivity contribution in [3.63, 3.8) is 0 Å². The third kappa shape index (κ3) is 9.68. The van der Waals surface area contributed by atoms with Crippen LogP contribution in [0.1, 0.15) is 31.2 Å². The SMILES string of the molecule is NC(N)=NCCC[C@@H]1NC(=O)C[C@@H]2NC(=O)[C@@H](CNC(=O)[C@H](CC(=O)O)NC(=O)CNC1=O)N(Cc1ccccc1)C2=O. The van der Waals surface area contributed by atoms with Gasteiger partial charge in [0.25, 0.3) is 0 Å². The van der Waals surface area contributed by atoms with Crippen molar-refractivity contribution in [2.45, 2.75) is 56.4 Å². The summed E-state index contributed by atoms with van der Waals surface area (Å²) in [5.74, 6) is -6.09. The van der Waals surface area contributed by atoms with E-state index < -0.39 is 91.5 Å². The normalized spacial score (nSPS) is 23.7. The van der Waals surface area contributed by atoms with E-state index in [1.807, 2.05) is 0 Å². The van der Waals surface area contributed by atoms with Crippen LogP contribution in [0, 0.1) is 0 Å². The Balaban J connectivity index is 1.92. The number of carboxylic acids is 1. The standard InChI is InChI=1S/C26H35N9O8/c27-26(28)29-8-4-7-15-22(40)31-12-20(37)33-16(10-21(38)39)23(41)30-11-18-24(42)34-17(9-19(36)32-15)25(43)35(18)13-14-5-2-1-3-6-14/h1-3,5-6,15-18H,4,7-13H2,(H,30,41)(H,31,40)(H,32,36)(H,33,37)(H,34,42)(H,38,39)(H4,27,28,29)/t15-,16-,17-,18+/m0/s1. The van der Waals surface area contributed by atoms with Gasteiger partial charge in [-0.2, -0.15) is 0 Å². The van der Waals surface area contributed by atoms with Crippen LogP contribution in [0.5, 0.6) is 0 Å². The first-order valence-electron chi connectivity index (χ1n) is 13.5. The van der Waals surface area contributed by atoms with Gasteiger partial charge in [-0.05, 0) is 18.4 Å². The van der Waals surface area contributed by atoms with Gasteiger partial charge in [-0.1, -0.05) is 30.3 Å². The number of amides is 6. The Bertz CT molecular complexity index is 1270. The Labute approximate surface area is 246 Å². The van der Waals surface area contributed by atoms with Gasteiger partial charge in [0.15, 0.2) is 5.96 Å². The fraction of sp³-hybridized carbons (Fsp3) is 0.462. The number of carboxylic acid groups (broad SMARTS) is 1. The van der Waals surface area contributed by atoms with Crippen LogP contribution < -0.4 is 38.1 Å². The molecule has 2 bridgehead atoms. The predicted molar refractivity (Wildman–Crippen MR) is 149 cm³/mol. The molecule has 1 aromatic rings. The van der Waals surface area contributed by atoms with E-state index in [0.29, 0.717) is 5.56 Å². The van der Waals surface area contributed by atoms with Gasteiger partial charge in [-0.25, -0.2) is 0 Å². The van der Waals surface area contributed by atoms with Crippen LogP contribution in [-0.4, -0.2) is 101 Å². The molecule has 4 rings (SSSR count). The Morgan fingerprint density at radius 3 is 2.26 bits per heavy atom. The number of aliphatic carboxylic acids is 1. The van der Waals surface area contributed by atoms with Crippen molar-refractivity contribution < 1.29 is 38.7 Å². The van der Waals surface area contributed by atoms with E-state index in [4.69, 9.17) is 11.5 Å². The Morgan fingerprint density at radius 2 is 1.58 bits per heavy atom. The minimum absolute atomic E-state index is 0.0309. The van der Waals surface area contributed by atoms with Crippen molar-refractivity contribution in [2.75, 3.05) is 19.6 Å². The molecule has 0 aromatic heterocycles. The molecule has 43 heavy (non-hydrogen) atoms. The largest absolute Gasteiger partial charge is 0.481 e. The number of nitrogens with two attached hydrogens (primary N) is 2. The number of carbonyl (C=O) groups excluding carboxylic acids is 6. The fourth-order valence-electron chi connectivity index (χ4n) is 4.59. The number of guanidine groups is 1. The second-order valence-corrected chi connectivity index (χ2v) is 9.98. The number of hydrogen-bond donors (Lipinski definition) is 8. The third-order valence-electron chi connectivity index (χ3n) is 6.68. The molecule has 1 aromatic carbocycles. The maximum atomic E-state index is 13.6. The lowest BCUT2D eigenvalue weighted by molar-refractivity contribution is -0.151. The van der Waals surface area contributed by atoms with E-state index in [1.54, 1.807) is 30.3 Å². The van der Waals surface area contributed by atoms with E-state index in [1.165, 1.54) is 4.90 Å². The summed E-state index contributed by atoms with van der Waals surface area (Å²) in [6, 6.07) is 3.51. The molecule has 3 aliphatic rings. The zero-order chi connectivity index (χ0) is 31.5. The molecule has 17 heteroatoms. The van der Waals surface area contributed by atoms with Crippen LogP contribution in [0.15, 0.2) is 35.3 Å². The summed E-state index contributed by atoms with van der Waals surface area (Å²) in [4.78, 5) is 94.6. The number of hydrogen-bond acceptors (Lipinski definition) is 8. The second kappa shape index (κ2) is 15.1. The van der Waals surface area contributed by atoms with Crippen molar-refractivity contribution >= 4 is 47.4 Å².